The number of nitrogens with one attached hydrogen (secondary N) is 2. The molecule has 0 aliphatic heterocycles. The van der Waals surface area contributed by atoms with Crippen molar-refractivity contribution in [3.8, 4) is 35.3 Å². The molecule has 3 N–H and O–H groups in total. The summed E-state index contributed by atoms with van der Waals surface area (Å²) >= 11 is 0. The highest BCUT2D eigenvalue weighted by Gasteiger charge is 2.57. The van der Waals surface area contributed by atoms with Crippen molar-refractivity contribution >= 4 is 32.7 Å². The second-order valence-electron chi connectivity index (χ2n) is 14.4. The molecule has 2 aromatic carbocycles. The Hall–Kier alpha value is -5.92. The lowest BCUT2D eigenvalue weighted by Crippen LogP contribution is -2.35. The van der Waals surface area contributed by atoms with Crippen molar-refractivity contribution in [2.24, 2.45) is 13.0 Å². The van der Waals surface area contributed by atoms with Crippen LogP contribution in [0.5, 0.6) is 0 Å². The molecule has 304 valence electrons. The quantitative estimate of drug-likeness (QED) is 0.112. The fourth-order valence-corrected chi connectivity index (χ4v) is 7.60. The number of carbonyl (C=O) groups is 1. The Bertz CT molecular complexity index is 2670. The minimum atomic E-state index is -3.95. The maximum Gasteiger partial charge on any atom is 0.303 e. The fourth-order valence-electron chi connectivity index (χ4n) is 7.10. The molecule has 3 aromatic heterocycles. The van der Waals surface area contributed by atoms with E-state index >= 15 is 13.2 Å². The van der Waals surface area contributed by atoms with Gasteiger partial charge in [0.25, 0.3) is 6.43 Å². The summed E-state index contributed by atoms with van der Waals surface area (Å²) in [4.78, 5) is 18.6. The summed E-state index contributed by atoms with van der Waals surface area (Å²) in [5, 5.41) is 20.5. The van der Waals surface area contributed by atoms with Gasteiger partial charge in [0, 0.05) is 35.7 Å². The van der Waals surface area contributed by atoms with E-state index in [0.717, 1.165) is 24.5 Å². The lowest BCUT2D eigenvalue weighted by Gasteiger charge is -2.23. The average molecular weight is 830 g/mol. The van der Waals surface area contributed by atoms with E-state index in [1.807, 2.05) is 5.92 Å². The molecule has 11 nitrogen and oxygen atoms in total. The van der Waals surface area contributed by atoms with Crippen molar-refractivity contribution in [2.45, 2.75) is 63.6 Å². The topological polar surface area (TPSA) is 144 Å². The summed E-state index contributed by atoms with van der Waals surface area (Å²) in [6.07, 6.45) is 2.49. The lowest BCUT2D eigenvalue weighted by atomic mass is 9.93. The number of benzene rings is 2. The number of aromatic nitrogens is 5. The number of anilines is 1. The van der Waals surface area contributed by atoms with E-state index < -0.39 is 99.1 Å². The first-order valence-electron chi connectivity index (χ1n) is 17.4. The maximum absolute atomic E-state index is 15.7. The van der Waals surface area contributed by atoms with Crippen molar-refractivity contribution in [3.05, 3.63) is 93.8 Å². The highest BCUT2D eigenvalue weighted by Crippen LogP contribution is 2.54. The molecule has 3 unspecified atom stereocenters. The number of alkyl halides is 4. The van der Waals surface area contributed by atoms with Crippen LogP contribution in [0, 0.1) is 47.6 Å². The van der Waals surface area contributed by atoms with Crippen molar-refractivity contribution in [1.29, 1.82) is 0 Å². The van der Waals surface area contributed by atoms with Crippen LogP contribution in [-0.4, -0.2) is 55.8 Å². The average Bonchev–Trinajstić information content (AvgIpc) is 3.70. The molecule has 5 aromatic rings. The lowest BCUT2D eigenvalue weighted by molar-refractivity contribution is -0.123. The standard InChI is InChI=1S/C39H34F7N7O4S/c1-7-26-19(2)30-33(36(43)44)49-53(35(30)39(26,45)46)18-29(54)48-28(16-20-14-21(40)17-22(41)15-20)32-24(9-8-23(47-32)12-13-38(3,4)55)25-10-11-27(42)31-34(25)52(5)50-37(31)51-58(6,56)57/h1,8-11,14-15,17,19,26,28,36,55H,16,18H2,2-6H3,(H,48,54)(H,50,51). The molecule has 1 aliphatic rings. The van der Waals surface area contributed by atoms with Crippen molar-refractivity contribution in [1.82, 2.24) is 29.9 Å². The van der Waals surface area contributed by atoms with Crippen LogP contribution in [0.25, 0.3) is 22.0 Å². The van der Waals surface area contributed by atoms with Crippen LogP contribution in [-0.2, 0) is 40.8 Å². The Morgan fingerprint density at radius 1 is 1.05 bits per heavy atom. The Morgan fingerprint density at radius 3 is 2.31 bits per heavy atom. The molecule has 0 spiro atoms. The van der Waals surface area contributed by atoms with E-state index in [9.17, 15) is 35.9 Å². The summed E-state index contributed by atoms with van der Waals surface area (Å²) in [6, 6.07) is 6.35. The number of halogens is 7. The third kappa shape index (κ3) is 8.23. The van der Waals surface area contributed by atoms with E-state index in [1.165, 1.54) is 50.7 Å². The molecule has 0 bridgehead atoms. The second kappa shape index (κ2) is 15.1. The second-order valence-corrected chi connectivity index (χ2v) is 16.1. The molecule has 58 heavy (non-hydrogen) atoms. The molecule has 3 heterocycles. The monoisotopic (exact) mass is 829 g/mol. The van der Waals surface area contributed by atoms with E-state index in [4.69, 9.17) is 6.42 Å². The van der Waals surface area contributed by atoms with Crippen LogP contribution in [0.2, 0.25) is 0 Å². The van der Waals surface area contributed by atoms with Crippen LogP contribution in [0.15, 0.2) is 42.5 Å². The molecule has 19 heteroatoms. The van der Waals surface area contributed by atoms with Gasteiger partial charge in [0.05, 0.1) is 34.8 Å². The molecule has 0 fully saturated rings. The first kappa shape index (κ1) is 41.7. The normalized spacial score (nSPS) is 16.8. The van der Waals surface area contributed by atoms with Gasteiger partial charge in [-0.05, 0) is 68.2 Å². The van der Waals surface area contributed by atoms with Gasteiger partial charge in [0.2, 0.25) is 15.9 Å². The summed E-state index contributed by atoms with van der Waals surface area (Å²) in [5.41, 5.74) is -3.67. The highest BCUT2D eigenvalue weighted by molar-refractivity contribution is 7.92. The first-order valence-corrected chi connectivity index (χ1v) is 19.3. The molecule has 0 saturated carbocycles. The summed E-state index contributed by atoms with van der Waals surface area (Å²) < 4.78 is 132. The summed E-state index contributed by atoms with van der Waals surface area (Å²) in [5.74, 6) is -3.90. The van der Waals surface area contributed by atoms with Crippen LogP contribution in [0.3, 0.4) is 0 Å². The van der Waals surface area contributed by atoms with Crippen molar-refractivity contribution < 1.29 is 49.1 Å². The number of fused-ring (bicyclic) bond motifs is 2. The number of sulfonamides is 1. The molecule has 1 aliphatic carbocycles. The summed E-state index contributed by atoms with van der Waals surface area (Å²) in [7, 11) is -2.55. The third-order valence-corrected chi connectivity index (χ3v) is 9.88. The zero-order valence-corrected chi connectivity index (χ0v) is 32.1. The molecule has 3 atom stereocenters. The van der Waals surface area contributed by atoms with Gasteiger partial charge < -0.3 is 10.4 Å². The maximum atomic E-state index is 15.7. The smallest absolute Gasteiger partial charge is 0.303 e. The predicted octanol–water partition coefficient (Wildman–Crippen LogP) is 6.24. The zero-order valence-electron chi connectivity index (χ0n) is 31.3. The van der Waals surface area contributed by atoms with Crippen LogP contribution in [0.1, 0.15) is 73.1 Å². The van der Waals surface area contributed by atoms with Crippen molar-refractivity contribution in [3.63, 3.8) is 0 Å². The van der Waals surface area contributed by atoms with Gasteiger partial charge in [-0.3, -0.25) is 18.9 Å². The van der Waals surface area contributed by atoms with Gasteiger partial charge in [0.1, 0.15) is 46.7 Å². The van der Waals surface area contributed by atoms with Gasteiger partial charge in [-0.2, -0.15) is 19.0 Å². The molecular weight excluding hydrogens is 796 g/mol. The number of aryl methyl sites for hydroxylation is 1. The number of amides is 1. The fraction of sp³-hybridized carbons (Fsp3) is 0.333. The number of pyridine rings is 1. The van der Waals surface area contributed by atoms with Crippen LogP contribution < -0.4 is 10.0 Å². The van der Waals surface area contributed by atoms with E-state index in [-0.39, 0.29) is 44.8 Å². The van der Waals surface area contributed by atoms with Crippen LogP contribution >= 0.6 is 0 Å². The number of nitrogens with zero attached hydrogens (tertiary/aromatic N) is 5. The van der Waals surface area contributed by atoms with E-state index in [0.29, 0.717) is 10.7 Å². The number of carbonyl (C=O) groups excluding carboxylic acids is 1. The molecule has 1 amide bonds. The van der Waals surface area contributed by atoms with Crippen molar-refractivity contribution in [2.75, 3.05) is 11.0 Å². The number of terminal acetylenes is 1. The van der Waals surface area contributed by atoms with Gasteiger partial charge in [-0.25, -0.2) is 35.4 Å². The van der Waals surface area contributed by atoms with E-state index in [1.54, 1.807) is 0 Å². The largest absolute Gasteiger partial charge is 0.378 e. The number of hydrogen-bond acceptors (Lipinski definition) is 7. The van der Waals surface area contributed by atoms with Gasteiger partial charge in [-0.1, -0.05) is 18.8 Å². The number of rotatable bonds is 10. The number of hydrogen-bond donors (Lipinski definition) is 3. The Kier molecular flexibility index (Phi) is 10.9. The number of aliphatic hydroxyl groups is 1. The third-order valence-electron chi connectivity index (χ3n) is 9.32. The zero-order chi connectivity index (χ0) is 42.6. The Labute approximate surface area is 327 Å². The Morgan fingerprint density at radius 2 is 1.71 bits per heavy atom. The first-order chi connectivity index (χ1) is 27.0. The highest BCUT2D eigenvalue weighted by atomic mass is 32.2. The molecule has 0 radical (unpaired) electrons. The van der Waals surface area contributed by atoms with Gasteiger partial charge in [0.15, 0.2) is 5.82 Å². The van der Waals surface area contributed by atoms with Gasteiger partial charge in [-0.15, -0.1) is 6.42 Å². The summed E-state index contributed by atoms with van der Waals surface area (Å²) in [6.45, 7) is 3.02. The van der Waals surface area contributed by atoms with Gasteiger partial charge >= 0.3 is 5.92 Å². The molecular formula is C39H34F7N7O4S. The minimum absolute atomic E-state index is 0.00812. The molecule has 6 rings (SSSR count). The minimum Gasteiger partial charge on any atom is -0.378 e. The van der Waals surface area contributed by atoms with Crippen LogP contribution in [0.4, 0.5) is 36.6 Å². The molecule has 0 saturated heterocycles. The predicted molar refractivity (Wildman–Crippen MR) is 198 cm³/mol. The SMILES string of the molecule is C#CC1C(C)c2c(C(F)F)nn(CC(=O)NC(Cc3cc(F)cc(F)c3)c3nc(C#CC(C)(C)O)ccc3-c3ccc(F)c4c(NS(C)(=O)=O)nn(C)c34)c2C1(F)F. The van der Waals surface area contributed by atoms with E-state index in [2.05, 4.69) is 37.1 Å². The Balaban J connectivity index is 1.55.